The van der Waals surface area contributed by atoms with Crippen molar-refractivity contribution in [3.8, 4) is 5.69 Å². The molecule has 0 aliphatic rings. The highest BCUT2D eigenvalue weighted by molar-refractivity contribution is 7.86. The molecule has 2 aromatic heterocycles. The van der Waals surface area contributed by atoms with Crippen molar-refractivity contribution in [2.45, 2.75) is 23.6 Å². The van der Waals surface area contributed by atoms with E-state index in [1.165, 1.54) is 25.2 Å². The monoisotopic (exact) mass is 551 g/mol. The van der Waals surface area contributed by atoms with E-state index in [1.807, 2.05) is 0 Å². The molecule has 2 heterocycles. The first-order valence-electron chi connectivity index (χ1n) is 9.78. The van der Waals surface area contributed by atoms with Crippen LogP contribution in [-0.4, -0.2) is 46.6 Å². The predicted molar refractivity (Wildman–Crippen MR) is 130 cm³/mol. The van der Waals surface area contributed by atoms with Crippen molar-refractivity contribution in [3.63, 3.8) is 0 Å². The van der Waals surface area contributed by atoms with Crippen LogP contribution in [0, 0.1) is 6.92 Å². The summed E-state index contributed by atoms with van der Waals surface area (Å²) in [5.74, 6) is -0.441. The molecule has 0 bridgehead atoms. The van der Waals surface area contributed by atoms with Crippen LogP contribution in [0.3, 0.4) is 0 Å². The molecule has 0 saturated heterocycles. The van der Waals surface area contributed by atoms with Gasteiger partial charge in [0, 0.05) is 12.6 Å². The number of nitrogens with one attached hydrogen (secondary N) is 1. The van der Waals surface area contributed by atoms with Gasteiger partial charge in [0.25, 0.3) is 20.2 Å². The molecule has 188 valence electrons. The molecule has 17 heteroatoms. The number of azo groups is 1. The number of nitrogen functional groups attached to an aromatic ring is 1. The Morgan fingerprint density at radius 3 is 2.44 bits per heavy atom. The lowest BCUT2D eigenvalue weighted by molar-refractivity contribution is -0.114. The highest BCUT2D eigenvalue weighted by Crippen LogP contribution is 2.35. The summed E-state index contributed by atoms with van der Waals surface area (Å²) in [5.41, 5.74) is 7.12. The molecule has 0 fully saturated rings. The number of anilines is 2. The first kappa shape index (κ1) is 25.3. The molecule has 36 heavy (non-hydrogen) atoms. The van der Waals surface area contributed by atoms with Crippen LogP contribution in [0.15, 0.2) is 56.4 Å². The van der Waals surface area contributed by atoms with Gasteiger partial charge in [-0.2, -0.15) is 21.9 Å². The van der Waals surface area contributed by atoms with Crippen LogP contribution in [0.2, 0.25) is 0 Å². The first-order valence-corrected chi connectivity index (χ1v) is 13.5. The molecule has 0 saturated carbocycles. The Balaban J connectivity index is 1.76. The molecule has 14 nitrogen and oxygen atoms in total. The van der Waals surface area contributed by atoms with Crippen molar-refractivity contribution >= 4 is 70.0 Å². The minimum atomic E-state index is -4.83. The van der Waals surface area contributed by atoms with Crippen LogP contribution in [0.5, 0.6) is 0 Å². The third-order valence-corrected chi connectivity index (χ3v) is 7.38. The quantitative estimate of drug-likeness (QED) is 0.202. The lowest BCUT2D eigenvalue weighted by atomic mass is 10.3. The molecule has 5 N–H and O–H groups in total. The average molecular weight is 552 g/mol. The normalized spacial score (nSPS) is 12.4. The zero-order valence-corrected chi connectivity index (χ0v) is 20.9. The minimum absolute atomic E-state index is 0.0340. The van der Waals surface area contributed by atoms with E-state index in [1.54, 1.807) is 18.2 Å². The second kappa shape index (κ2) is 9.03. The lowest BCUT2D eigenvalue weighted by Crippen LogP contribution is -2.11. The van der Waals surface area contributed by atoms with Gasteiger partial charge in [-0.1, -0.05) is 11.3 Å². The molecule has 0 aliphatic heterocycles. The zero-order chi connectivity index (χ0) is 26.4. The molecule has 0 spiro atoms. The van der Waals surface area contributed by atoms with Gasteiger partial charge in [0.1, 0.15) is 4.90 Å². The van der Waals surface area contributed by atoms with Crippen LogP contribution < -0.4 is 11.1 Å². The number of amides is 1. The summed E-state index contributed by atoms with van der Waals surface area (Å²) in [7, 11) is -9.54. The highest BCUT2D eigenvalue weighted by Gasteiger charge is 2.24. The van der Waals surface area contributed by atoms with Crippen LogP contribution in [0.4, 0.5) is 22.3 Å². The number of carbonyl (C=O) groups is 1. The number of nitrogens with zero attached hydrogens (tertiary/aromatic N) is 5. The van der Waals surface area contributed by atoms with Gasteiger partial charge in [-0.15, -0.1) is 10.2 Å². The Labute approximate surface area is 208 Å². The number of aromatic nitrogens is 3. The predicted octanol–water partition coefficient (Wildman–Crippen LogP) is 3.24. The van der Waals surface area contributed by atoms with E-state index in [9.17, 15) is 30.7 Å². The molecular weight excluding hydrogens is 534 g/mol. The Bertz CT molecular complexity index is 1770. The number of fused-ring (bicyclic) bond motifs is 1. The first-order chi connectivity index (χ1) is 16.7. The van der Waals surface area contributed by atoms with E-state index in [-0.39, 0.29) is 28.2 Å². The van der Waals surface area contributed by atoms with E-state index in [2.05, 4.69) is 25.6 Å². The van der Waals surface area contributed by atoms with Crippen molar-refractivity contribution < 1.29 is 30.7 Å². The molecule has 4 aromatic rings. The van der Waals surface area contributed by atoms with Gasteiger partial charge in [0.15, 0.2) is 11.5 Å². The van der Waals surface area contributed by atoms with Crippen molar-refractivity contribution in [2.75, 3.05) is 11.1 Å². The summed E-state index contributed by atoms with van der Waals surface area (Å²) in [4.78, 5) is 14.2. The van der Waals surface area contributed by atoms with Gasteiger partial charge in [0.05, 0.1) is 26.5 Å². The van der Waals surface area contributed by atoms with Crippen molar-refractivity contribution in [1.82, 2.24) is 14.8 Å². The zero-order valence-electron chi connectivity index (χ0n) is 18.4. The van der Waals surface area contributed by atoms with Gasteiger partial charge in [-0.25, -0.2) is 9.67 Å². The summed E-state index contributed by atoms with van der Waals surface area (Å²) >= 11 is 1.19. The fourth-order valence-electron chi connectivity index (χ4n) is 3.21. The molecule has 2 aromatic carbocycles. The van der Waals surface area contributed by atoms with Gasteiger partial charge in [-0.3, -0.25) is 13.9 Å². The lowest BCUT2D eigenvalue weighted by Gasteiger charge is -2.10. The third kappa shape index (κ3) is 5.09. The number of nitrogens with two attached hydrogens (primary N) is 1. The van der Waals surface area contributed by atoms with E-state index in [0.29, 0.717) is 11.2 Å². The Morgan fingerprint density at radius 1 is 1.08 bits per heavy atom. The maximum atomic E-state index is 11.9. The summed E-state index contributed by atoms with van der Waals surface area (Å²) in [5, 5.41) is 15.2. The van der Waals surface area contributed by atoms with E-state index in [0.717, 1.165) is 27.6 Å². The third-order valence-electron chi connectivity index (χ3n) is 4.73. The number of hydrogen-bond donors (Lipinski definition) is 4. The average Bonchev–Trinajstić information content (AvgIpc) is 3.29. The van der Waals surface area contributed by atoms with Crippen molar-refractivity contribution in [3.05, 3.63) is 42.1 Å². The molecular formula is C19H17N7O7S3. The van der Waals surface area contributed by atoms with Crippen LogP contribution >= 0.6 is 11.3 Å². The second-order valence-corrected chi connectivity index (χ2v) is 11.2. The number of thiazole rings is 1. The fraction of sp³-hybridized carbons (Fsp3) is 0.105. The van der Waals surface area contributed by atoms with Crippen LogP contribution in [0.1, 0.15) is 12.6 Å². The van der Waals surface area contributed by atoms with E-state index >= 15 is 0 Å². The summed E-state index contributed by atoms with van der Waals surface area (Å²) in [6.07, 6.45) is 0. The number of hydrogen-bond acceptors (Lipinski definition) is 11. The smallest absolute Gasteiger partial charge is 0.296 e. The topological polar surface area (TPSA) is 219 Å². The highest BCUT2D eigenvalue weighted by atomic mass is 32.2. The molecule has 1 amide bonds. The molecule has 0 unspecified atom stereocenters. The molecule has 4 rings (SSSR count). The van der Waals surface area contributed by atoms with Crippen LogP contribution in [-0.2, 0) is 25.0 Å². The number of rotatable bonds is 6. The van der Waals surface area contributed by atoms with Crippen LogP contribution in [0.25, 0.3) is 15.9 Å². The fourth-order valence-corrected chi connectivity index (χ4v) is 5.19. The number of carbonyl (C=O) groups excluding carboxylic acids is 1. The largest absolute Gasteiger partial charge is 0.382 e. The standard InChI is InChI=1S/C19H17N7O7S3/c1-9-17(23-24-19-22-13-5-3-11(21-10(2)27)7-15(13)34-19)18(20)26(25-9)14-8-12(35(28,29)30)4-6-16(14)36(31,32)33/h3-8H,20H2,1-2H3,(H,21,27)(H,28,29,30)(H,31,32,33). The Hall–Kier alpha value is -3.77. The minimum Gasteiger partial charge on any atom is -0.382 e. The Kier molecular flexibility index (Phi) is 6.35. The maximum absolute atomic E-state index is 11.9. The van der Waals surface area contributed by atoms with Crippen molar-refractivity contribution in [2.24, 2.45) is 10.2 Å². The number of benzene rings is 2. The maximum Gasteiger partial charge on any atom is 0.296 e. The molecule has 0 radical (unpaired) electrons. The Morgan fingerprint density at radius 2 is 1.81 bits per heavy atom. The molecule has 0 atom stereocenters. The van der Waals surface area contributed by atoms with Gasteiger partial charge < -0.3 is 11.1 Å². The van der Waals surface area contributed by atoms with Gasteiger partial charge in [-0.05, 0) is 43.3 Å². The molecule has 0 aliphatic carbocycles. The second-order valence-electron chi connectivity index (χ2n) is 7.37. The van der Waals surface area contributed by atoms with Gasteiger partial charge >= 0.3 is 0 Å². The van der Waals surface area contributed by atoms with E-state index < -0.39 is 35.7 Å². The summed E-state index contributed by atoms with van der Waals surface area (Å²) in [6, 6.07) is 7.50. The summed E-state index contributed by atoms with van der Waals surface area (Å²) < 4.78 is 67.4. The summed E-state index contributed by atoms with van der Waals surface area (Å²) in [6.45, 7) is 2.89. The SMILES string of the molecule is CC(=O)Nc1ccc2nc(N=Nc3c(C)nn(-c4cc(S(=O)(=O)O)ccc4S(=O)(=O)O)c3N)sc2c1. The van der Waals surface area contributed by atoms with Gasteiger partial charge in [0.2, 0.25) is 11.0 Å². The number of aryl methyl sites for hydroxylation is 1. The van der Waals surface area contributed by atoms with E-state index in [4.69, 9.17) is 5.73 Å². The van der Waals surface area contributed by atoms with Crippen molar-refractivity contribution in [1.29, 1.82) is 0 Å².